The number of aliphatic imine (C=N–C) groups is 1. The van der Waals surface area contributed by atoms with Gasteiger partial charge >= 0.3 is 0 Å². The smallest absolute Gasteiger partial charge is 0.162 e. The summed E-state index contributed by atoms with van der Waals surface area (Å²) >= 11 is 0. The third-order valence-electron chi connectivity index (χ3n) is 4.89. The van der Waals surface area contributed by atoms with Crippen LogP contribution in [-0.2, 0) is 0 Å². The molecule has 0 saturated carbocycles. The van der Waals surface area contributed by atoms with Crippen LogP contribution in [0.1, 0.15) is 56.3 Å². The van der Waals surface area contributed by atoms with Gasteiger partial charge in [-0.05, 0) is 37.8 Å². The number of hydrogen-bond acceptors (Lipinski definition) is 4. The van der Waals surface area contributed by atoms with E-state index < -0.39 is 0 Å². The normalized spacial score (nSPS) is 19.8. The summed E-state index contributed by atoms with van der Waals surface area (Å²) in [7, 11) is 0. The largest absolute Gasteiger partial charge is 0.504 e. The molecule has 27 heavy (non-hydrogen) atoms. The minimum absolute atomic E-state index is 0.00274. The minimum Gasteiger partial charge on any atom is -0.504 e. The van der Waals surface area contributed by atoms with Crippen molar-refractivity contribution >= 4 is 5.71 Å². The number of nitrogens with one attached hydrogen (secondary N) is 1. The molecule has 2 aromatic rings. The van der Waals surface area contributed by atoms with Crippen molar-refractivity contribution in [2.75, 3.05) is 6.61 Å². The molecule has 2 atom stereocenters. The monoisotopic (exact) mass is 366 g/mol. The first-order chi connectivity index (χ1) is 13.0. The Morgan fingerprint density at radius 3 is 2.59 bits per heavy atom. The van der Waals surface area contributed by atoms with Gasteiger partial charge in [0.1, 0.15) is 6.17 Å². The Kier molecular flexibility index (Phi) is 6.17. The summed E-state index contributed by atoms with van der Waals surface area (Å²) in [5.41, 5.74) is 4.35. The average molecular weight is 367 g/mol. The lowest BCUT2D eigenvalue weighted by atomic mass is 9.93. The van der Waals surface area contributed by atoms with E-state index in [4.69, 9.17) is 9.73 Å². The minimum atomic E-state index is 0.00274. The van der Waals surface area contributed by atoms with Gasteiger partial charge in [0, 0.05) is 23.7 Å². The Bertz CT molecular complexity index is 797. The van der Waals surface area contributed by atoms with E-state index in [1.165, 1.54) is 5.56 Å². The third kappa shape index (κ3) is 4.69. The van der Waals surface area contributed by atoms with Crippen molar-refractivity contribution < 1.29 is 9.84 Å². The lowest BCUT2D eigenvalue weighted by Gasteiger charge is -2.31. The fourth-order valence-electron chi connectivity index (χ4n) is 3.56. The molecular formula is C23H30N2O2. The van der Waals surface area contributed by atoms with Crippen LogP contribution < -0.4 is 10.1 Å². The predicted molar refractivity (Wildman–Crippen MR) is 111 cm³/mol. The summed E-state index contributed by atoms with van der Waals surface area (Å²) in [5.74, 6) is 1.30. The SMILES string of the molecule is CCOc1cccc(C2CC(c3ccc(C)cc3)=NC(CC(C)C)N2)c1O. The summed E-state index contributed by atoms with van der Waals surface area (Å²) in [5, 5.41) is 14.3. The van der Waals surface area contributed by atoms with Crippen LogP contribution in [-0.4, -0.2) is 23.6 Å². The zero-order chi connectivity index (χ0) is 19.4. The van der Waals surface area contributed by atoms with E-state index in [0.29, 0.717) is 18.3 Å². The van der Waals surface area contributed by atoms with Gasteiger partial charge in [-0.3, -0.25) is 10.3 Å². The van der Waals surface area contributed by atoms with Gasteiger partial charge in [-0.1, -0.05) is 55.8 Å². The molecule has 0 radical (unpaired) electrons. The van der Waals surface area contributed by atoms with E-state index >= 15 is 0 Å². The number of aryl methyl sites for hydroxylation is 1. The number of ether oxygens (including phenoxy) is 1. The molecule has 2 unspecified atom stereocenters. The molecule has 1 aliphatic heterocycles. The summed E-state index contributed by atoms with van der Waals surface area (Å²) < 4.78 is 5.58. The number of nitrogens with zero attached hydrogens (tertiary/aromatic N) is 1. The fourth-order valence-corrected chi connectivity index (χ4v) is 3.56. The zero-order valence-electron chi connectivity index (χ0n) is 16.7. The molecule has 0 fully saturated rings. The summed E-state index contributed by atoms with van der Waals surface area (Å²) in [6.07, 6.45) is 1.73. The first-order valence-electron chi connectivity index (χ1n) is 9.82. The molecular weight excluding hydrogens is 336 g/mol. The number of phenols is 1. The fraction of sp³-hybridized carbons (Fsp3) is 0.435. The topological polar surface area (TPSA) is 53.8 Å². The number of rotatable bonds is 6. The van der Waals surface area contributed by atoms with Crippen LogP contribution in [0.25, 0.3) is 0 Å². The van der Waals surface area contributed by atoms with E-state index in [0.717, 1.165) is 29.7 Å². The standard InChI is InChI=1S/C23H30N2O2/c1-5-27-21-8-6-7-18(23(21)26)20-14-19(17-11-9-16(4)10-12-17)24-22(25-20)13-15(2)3/h6-12,15,20,22,25-26H,5,13-14H2,1-4H3. The second-order valence-corrected chi connectivity index (χ2v) is 7.64. The molecule has 0 spiro atoms. The van der Waals surface area contributed by atoms with Crippen LogP contribution in [0.15, 0.2) is 47.5 Å². The van der Waals surface area contributed by atoms with Crippen LogP contribution in [0.5, 0.6) is 11.5 Å². The van der Waals surface area contributed by atoms with Gasteiger partial charge < -0.3 is 9.84 Å². The van der Waals surface area contributed by atoms with E-state index in [-0.39, 0.29) is 18.0 Å². The molecule has 1 heterocycles. The molecule has 0 bridgehead atoms. The van der Waals surface area contributed by atoms with Crippen molar-refractivity contribution in [2.45, 2.75) is 52.7 Å². The lowest BCUT2D eigenvalue weighted by molar-refractivity contribution is 0.311. The summed E-state index contributed by atoms with van der Waals surface area (Å²) in [6.45, 7) is 8.96. The van der Waals surface area contributed by atoms with Crippen molar-refractivity contribution in [2.24, 2.45) is 10.9 Å². The van der Waals surface area contributed by atoms with Crippen molar-refractivity contribution in [3.8, 4) is 11.5 Å². The van der Waals surface area contributed by atoms with Crippen molar-refractivity contribution in [3.05, 3.63) is 59.2 Å². The Labute approximate surface area is 162 Å². The van der Waals surface area contributed by atoms with Crippen molar-refractivity contribution in [1.82, 2.24) is 5.32 Å². The Balaban J connectivity index is 1.94. The number of benzene rings is 2. The van der Waals surface area contributed by atoms with E-state index in [1.54, 1.807) is 0 Å². The molecule has 2 aromatic carbocycles. The second-order valence-electron chi connectivity index (χ2n) is 7.64. The van der Waals surface area contributed by atoms with Crippen molar-refractivity contribution in [1.29, 1.82) is 0 Å². The van der Waals surface area contributed by atoms with E-state index in [2.05, 4.69) is 50.4 Å². The number of aromatic hydroxyl groups is 1. The van der Waals surface area contributed by atoms with Gasteiger partial charge in [0.25, 0.3) is 0 Å². The van der Waals surface area contributed by atoms with Gasteiger partial charge in [0.15, 0.2) is 11.5 Å². The average Bonchev–Trinajstić information content (AvgIpc) is 2.63. The molecule has 144 valence electrons. The quantitative estimate of drug-likeness (QED) is 0.757. The van der Waals surface area contributed by atoms with E-state index in [9.17, 15) is 5.11 Å². The molecule has 3 rings (SSSR count). The molecule has 4 heteroatoms. The highest BCUT2D eigenvalue weighted by molar-refractivity contribution is 6.01. The highest BCUT2D eigenvalue weighted by Gasteiger charge is 2.28. The maximum absolute atomic E-state index is 10.7. The van der Waals surface area contributed by atoms with Gasteiger partial charge in [-0.15, -0.1) is 0 Å². The molecule has 0 aliphatic carbocycles. The number of phenolic OH excluding ortho intramolecular Hbond substituents is 1. The van der Waals surface area contributed by atoms with Crippen LogP contribution in [0, 0.1) is 12.8 Å². The first kappa shape index (κ1) is 19.4. The van der Waals surface area contributed by atoms with Crippen LogP contribution in [0.4, 0.5) is 0 Å². The number of hydrogen-bond donors (Lipinski definition) is 2. The lowest BCUT2D eigenvalue weighted by Crippen LogP contribution is -2.39. The molecule has 2 N–H and O–H groups in total. The predicted octanol–water partition coefficient (Wildman–Crippen LogP) is 5.00. The van der Waals surface area contributed by atoms with Crippen LogP contribution >= 0.6 is 0 Å². The second kappa shape index (κ2) is 8.57. The number of para-hydroxylation sites is 1. The maximum Gasteiger partial charge on any atom is 0.162 e. The Hall–Kier alpha value is -2.33. The molecule has 0 aromatic heterocycles. The molecule has 0 amide bonds. The van der Waals surface area contributed by atoms with Gasteiger partial charge in [-0.2, -0.15) is 0 Å². The maximum atomic E-state index is 10.7. The molecule has 4 nitrogen and oxygen atoms in total. The van der Waals surface area contributed by atoms with Gasteiger partial charge in [-0.25, -0.2) is 0 Å². The first-order valence-corrected chi connectivity index (χ1v) is 9.82. The van der Waals surface area contributed by atoms with E-state index in [1.807, 2.05) is 25.1 Å². The van der Waals surface area contributed by atoms with Gasteiger partial charge in [0.2, 0.25) is 0 Å². The Morgan fingerprint density at radius 1 is 1.19 bits per heavy atom. The summed E-state index contributed by atoms with van der Waals surface area (Å²) in [4.78, 5) is 4.98. The van der Waals surface area contributed by atoms with Crippen molar-refractivity contribution in [3.63, 3.8) is 0 Å². The zero-order valence-corrected chi connectivity index (χ0v) is 16.7. The Morgan fingerprint density at radius 2 is 1.93 bits per heavy atom. The highest BCUT2D eigenvalue weighted by Crippen LogP contribution is 2.37. The summed E-state index contributed by atoms with van der Waals surface area (Å²) in [6, 6.07) is 14.3. The van der Waals surface area contributed by atoms with Crippen LogP contribution in [0.3, 0.4) is 0 Å². The highest BCUT2D eigenvalue weighted by atomic mass is 16.5. The van der Waals surface area contributed by atoms with Crippen LogP contribution in [0.2, 0.25) is 0 Å². The molecule has 0 saturated heterocycles. The van der Waals surface area contributed by atoms with Gasteiger partial charge in [0.05, 0.1) is 6.61 Å². The molecule has 1 aliphatic rings. The third-order valence-corrected chi connectivity index (χ3v) is 4.89.